The van der Waals surface area contributed by atoms with E-state index in [-0.39, 0.29) is 0 Å². The van der Waals surface area contributed by atoms with Gasteiger partial charge in [-0.25, -0.2) is 0 Å². The largest absolute Gasteiger partial charge is 0.380 e. The molecule has 0 unspecified atom stereocenters. The number of hydrogen-bond acceptors (Lipinski definition) is 3. The van der Waals surface area contributed by atoms with Crippen molar-refractivity contribution in [2.24, 2.45) is 0 Å². The Labute approximate surface area is 101 Å². The number of aromatic nitrogens is 1. The SMILES string of the molecule is Cc1cccc2c(N[C@@H]3CCNC3)ccnc12. The molecule has 0 bridgehead atoms. The fourth-order valence-corrected chi connectivity index (χ4v) is 2.45. The van der Waals surface area contributed by atoms with E-state index in [0.29, 0.717) is 6.04 Å². The minimum atomic E-state index is 0.543. The van der Waals surface area contributed by atoms with E-state index in [0.717, 1.165) is 18.6 Å². The second-order valence-corrected chi connectivity index (χ2v) is 4.66. The number of pyridine rings is 1. The number of benzene rings is 1. The number of nitrogens with one attached hydrogen (secondary N) is 2. The van der Waals surface area contributed by atoms with Gasteiger partial charge in [0.15, 0.2) is 0 Å². The predicted octanol–water partition coefficient (Wildman–Crippen LogP) is 2.32. The van der Waals surface area contributed by atoms with Crippen LogP contribution in [-0.2, 0) is 0 Å². The first-order valence-corrected chi connectivity index (χ1v) is 6.16. The maximum absolute atomic E-state index is 4.46. The van der Waals surface area contributed by atoms with E-state index < -0.39 is 0 Å². The molecular weight excluding hydrogens is 210 g/mol. The summed E-state index contributed by atoms with van der Waals surface area (Å²) in [5.41, 5.74) is 3.53. The molecule has 1 fully saturated rings. The van der Waals surface area contributed by atoms with Crippen LogP contribution in [0.15, 0.2) is 30.5 Å². The lowest BCUT2D eigenvalue weighted by Crippen LogP contribution is -2.22. The van der Waals surface area contributed by atoms with Gasteiger partial charge in [-0.05, 0) is 31.5 Å². The molecule has 1 saturated heterocycles. The normalized spacial score (nSPS) is 19.7. The third-order valence-corrected chi connectivity index (χ3v) is 3.39. The molecule has 1 aromatic carbocycles. The highest BCUT2D eigenvalue weighted by atomic mass is 15.0. The summed E-state index contributed by atoms with van der Waals surface area (Å²) in [6, 6.07) is 8.95. The highest BCUT2D eigenvalue weighted by Gasteiger charge is 2.15. The summed E-state index contributed by atoms with van der Waals surface area (Å²) >= 11 is 0. The number of hydrogen-bond donors (Lipinski definition) is 2. The van der Waals surface area contributed by atoms with Crippen molar-refractivity contribution in [2.75, 3.05) is 18.4 Å². The summed E-state index contributed by atoms with van der Waals surface area (Å²) in [4.78, 5) is 4.46. The zero-order chi connectivity index (χ0) is 11.7. The van der Waals surface area contributed by atoms with E-state index >= 15 is 0 Å². The number of fused-ring (bicyclic) bond motifs is 1. The molecule has 3 heteroatoms. The molecule has 3 nitrogen and oxygen atoms in total. The topological polar surface area (TPSA) is 37.0 Å². The van der Waals surface area contributed by atoms with Gasteiger partial charge in [-0.1, -0.05) is 18.2 Å². The predicted molar refractivity (Wildman–Crippen MR) is 71.4 cm³/mol. The number of aryl methyl sites for hydroxylation is 1. The zero-order valence-corrected chi connectivity index (χ0v) is 10.0. The molecule has 3 rings (SSSR count). The molecule has 1 atom stereocenters. The Morgan fingerprint density at radius 1 is 1.35 bits per heavy atom. The summed E-state index contributed by atoms with van der Waals surface area (Å²) < 4.78 is 0. The van der Waals surface area contributed by atoms with Crippen molar-refractivity contribution in [2.45, 2.75) is 19.4 Å². The third kappa shape index (κ3) is 1.98. The molecule has 2 N–H and O–H groups in total. The lowest BCUT2D eigenvalue weighted by Gasteiger charge is -2.15. The van der Waals surface area contributed by atoms with Crippen LogP contribution in [0, 0.1) is 6.92 Å². The van der Waals surface area contributed by atoms with Crippen LogP contribution in [0.4, 0.5) is 5.69 Å². The minimum Gasteiger partial charge on any atom is -0.380 e. The van der Waals surface area contributed by atoms with Gasteiger partial charge in [0.25, 0.3) is 0 Å². The molecule has 0 aliphatic carbocycles. The fraction of sp³-hybridized carbons (Fsp3) is 0.357. The second kappa shape index (κ2) is 4.34. The first-order chi connectivity index (χ1) is 8.34. The van der Waals surface area contributed by atoms with Crippen molar-refractivity contribution in [1.29, 1.82) is 0 Å². The lowest BCUT2D eigenvalue weighted by molar-refractivity contribution is 0.794. The molecule has 0 spiro atoms. The molecule has 17 heavy (non-hydrogen) atoms. The van der Waals surface area contributed by atoms with Crippen molar-refractivity contribution in [3.05, 3.63) is 36.0 Å². The first-order valence-electron chi connectivity index (χ1n) is 6.16. The number of anilines is 1. The molecule has 0 saturated carbocycles. The molecule has 88 valence electrons. The van der Waals surface area contributed by atoms with Crippen molar-refractivity contribution in [3.63, 3.8) is 0 Å². The quantitative estimate of drug-likeness (QED) is 0.826. The van der Waals surface area contributed by atoms with E-state index in [1.165, 1.54) is 23.1 Å². The van der Waals surface area contributed by atoms with Gasteiger partial charge in [-0.3, -0.25) is 4.98 Å². The lowest BCUT2D eigenvalue weighted by atomic mass is 10.1. The summed E-state index contributed by atoms with van der Waals surface area (Å²) in [5, 5.41) is 8.20. The Balaban J connectivity index is 2.01. The van der Waals surface area contributed by atoms with E-state index in [9.17, 15) is 0 Å². The number of nitrogens with zero attached hydrogens (tertiary/aromatic N) is 1. The first kappa shape index (κ1) is 10.5. The van der Waals surface area contributed by atoms with Crippen LogP contribution in [0.25, 0.3) is 10.9 Å². The molecule has 1 aliphatic rings. The monoisotopic (exact) mass is 227 g/mol. The number of para-hydroxylation sites is 1. The van der Waals surface area contributed by atoms with Gasteiger partial charge in [0.05, 0.1) is 5.52 Å². The van der Waals surface area contributed by atoms with Crippen LogP contribution in [0.3, 0.4) is 0 Å². The molecular formula is C14H17N3. The van der Waals surface area contributed by atoms with Crippen LogP contribution >= 0.6 is 0 Å². The van der Waals surface area contributed by atoms with E-state index in [2.05, 4.69) is 46.8 Å². The molecule has 0 amide bonds. The Kier molecular flexibility index (Phi) is 2.69. The standard InChI is InChI=1S/C14H17N3/c1-10-3-2-4-12-13(6-8-16-14(10)12)17-11-5-7-15-9-11/h2-4,6,8,11,15H,5,7,9H2,1H3,(H,16,17)/t11-/m1/s1. The van der Waals surface area contributed by atoms with Crippen LogP contribution in [-0.4, -0.2) is 24.1 Å². The van der Waals surface area contributed by atoms with Gasteiger partial charge in [0.1, 0.15) is 0 Å². The fourth-order valence-electron chi connectivity index (χ4n) is 2.45. The molecule has 1 aromatic heterocycles. The van der Waals surface area contributed by atoms with Crippen LogP contribution in [0.2, 0.25) is 0 Å². The van der Waals surface area contributed by atoms with Gasteiger partial charge >= 0.3 is 0 Å². The van der Waals surface area contributed by atoms with E-state index in [1.54, 1.807) is 0 Å². The van der Waals surface area contributed by atoms with Crippen LogP contribution in [0.1, 0.15) is 12.0 Å². The van der Waals surface area contributed by atoms with Gasteiger partial charge in [0.2, 0.25) is 0 Å². The van der Waals surface area contributed by atoms with Gasteiger partial charge in [-0.15, -0.1) is 0 Å². The zero-order valence-electron chi connectivity index (χ0n) is 10.0. The average Bonchev–Trinajstić information content (AvgIpc) is 2.83. The summed E-state index contributed by atoms with van der Waals surface area (Å²) in [7, 11) is 0. The molecule has 2 heterocycles. The van der Waals surface area contributed by atoms with Gasteiger partial charge in [0, 0.05) is 29.9 Å². The molecule has 0 radical (unpaired) electrons. The van der Waals surface area contributed by atoms with Crippen molar-refractivity contribution < 1.29 is 0 Å². The van der Waals surface area contributed by atoms with Gasteiger partial charge in [-0.2, -0.15) is 0 Å². The summed E-state index contributed by atoms with van der Waals surface area (Å²) in [6.45, 7) is 4.27. The maximum atomic E-state index is 4.46. The maximum Gasteiger partial charge on any atom is 0.0751 e. The Morgan fingerprint density at radius 3 is 3.12 bits per heavy atom. The molecule has 2 aromatic rings. The third-order valence-electron chi connectivity index (χ3n) is 3.39. The van der Waals surface area contributed by atoms with Gasteiger partial charge < -0.3 is 10.6 Å². The van der Waals surface area contributed by atoms with Crippen LogP contribution < -0.4 is 10.6 Å². The second-order valence-electron chi connectivity index (χ2n) is 4.66. The average molecular weight is 227 g/mol. The Morgan fingerprint density at radius 2 is 2.29 bits per heavy atom. The van der Waals surface area contributed by atoms with Crippen molar-refractivity contribution in [1.82, 2.24) is 10.3 Å². The minimum absolute atomic E-state index is 0.543. The van der Waals surface area contributed by atoms with Crippen molar-refractivity contribution >= 4 is 16.6 Å². The van der Waals surface area contributed by atoms with E-state index in [1.807, 2.05) is 6.20 Å². The van der Waals surface area contributed by atoms with E-state index in [4.69, 9.17) is 0 Å². The highest BCUT2D eigenvalue weighted by molar-refractivity contribution is 5.92. The smallest absolute Gasteiger partial charge is 0.0751 e. The molecule has 1 aliphatic heterocycles. The Hall–Kier alpha value is -1.61. The summed E-state index contributed by atoms with van der Waals surface area (Å²) in [6.07, 6.45) is 3.08. The Bertz CT molecular complexity index is 530. The number of rotatable bonds is 2. The van der Waals surface area contributed by atoms with Crippen LogP contribution in [0.5, 0.6) is 0 Å². The summed E-state index contributed by atoms with van der Waals surface area (Å²) in [5.74, 6) is 0. The van der Waals surface area contributed by atoms with Crippen molar-refractivity contribution in [3.8, 4) is 0 Å². The highest BCUT2D eigenvalue weighted by Crippen LogP contribution is 2.24.